The summed E-state index contributed by atoms with van der Waals surface area (Å²) in [6.07, 6.45) is 0.305. The minimum atomic E-state index is -2.65. The molecule has 0 radical (unpaired) electrons. The number of anilines is 1. The summed E-state index contributed by atoms with van der Waals surface area (Å²) in [7, 11) is 6.88. The number of primary amides is 1. The molecule has 0 bridgehead atoms. The first kappa shape index (κ1) is 27.7. The molecule has 1 amide bonds. The number of aliphatic hydroxyl groups excluding tert-OH is 2. The van der Waals surface area contributed by atoms with Gasteiger partial charge in [-0.05, 0) is 44.5 Å². The Kier molecular flexibility index (Phi) is 6.10. The van der Waals surface area contributed by atoms with Crippen LogP contribution in [-0.2, 0) is 32.1 Å². The number of Topliss-reactive ketones (excluding diaryl/α,β-unsaturated/α-hetero) is 2. The molecule has 12 nitrogen and oxygen atoms in total. The van der Waals surface area contributed by atoms with E-state index in [1.54, 1.807) is 14.1 Å². The summed E-state index contributed by atoms with van der Waals surface area (Å²) in [6.45, 7) is 3.56. The molecule has 220 valence electrons. The van der Waals surface area contributed by atoms with Gasteiger partial charge in [0.1, 0.15) is 22.8 Å². The van der Waals surface area contributed by atoms with Crippen LogP contribution in [0.15, 0.2) is 23.0 Å². The van der Waals surface area contributed by atoms with Gasteiger partial charge in [-0.3, -0.25) is 24.2 Å². The van der Waals surface area contributed by atoms with Crippen molar-refractivity contribution in [1.82, 2.24) is 9.80 Å². The lowest BCUT2D eigenvalue weighted by molar-refractivity contribution is -0.191. The first-order chi connectivity index (χ1) is 19.2. The number of phenols is 1. The van der Waals surface area contributed by atoms with Crippen LogP contribution in [0.3, 0.4) is 0 Å². The van der Waals surface area contributed by atoms with Crippen LogP contribution in [0.5, 0.6) is 5.75 Å². The number of carbonyl (C=O) groups is 3. The molecule has 4 atom stereocenters. The number of hydrogen-bond acceptors (Lipinski definition) is 11. The Balaban J connectivity index is 1.47. The molecule has 0 aromatic heterocycles. The number of amides is 1. The van der Waals surface area contributed by atoms with E-state index in [0.717, 1.165) is 32.0 Å². The van der Waals surface area contributed by atoms with Crippen LogP contribution in [0.4, 0.5) is 5.69 Å². The van der Waals surface area contributed by atoms with Gasteiger partial charge in [0.15, 0.2) is 11.4 Å². The zero-order chi connectivity index (χ0) is 29.8. The molecular formula is C29H36N4O8. The molecule has 1 spiro atoms. The zero-order valence-electron chi connectivity index (χ0n) is 23.6. The Morgan fingerprint density at radius 2 is 1.80 bits per heavy atom. The molecule has 1 saturated carbocycles. The van der Waals surface area contributed by atoms with Crippen molar-refractivity contribution in [3.8, 4) is 5.75 Å². The second kappa shape index (κ2) is 9.02. The number of nitrogens with two attached hydrogens (primary N) is 1. The summed E-state index contributed by atoms with van der Waals surface area (Å²) in [5.41, 5.74) is 4.07. The van der Waals surface area contributed by atoms with E-state index in [0.29, 0.717) is 17.7 Å². The third-order valence-corrected chi connectivity index (χ3v) is 9.59. The minimum absolute atomic E-state index is 0.0546. The molecule has 41 heavy (non-hydrogen) atoms. The van der Waals surface area contributed by atoms with Gasteiger partial charge in [0.05, 0.1) is 24.8 Å². The molecule has 6 N–H and O–H groups in total. The zero-order valence-corrected chi connectivity index (χ0v) is 23.6. The summed E-state index contributed by atoms with van der Waals surface area (Å²) in [5, 5.41) is 45.9. The SMILES string of the molecule is CN(C)c1cc(CN2CC3(COC3)C2)c(O)c2c1C[C@H]1C[C@H]3[C@H](N(C)C)C(=O)C(C(N)=O)=C(O)[C@@]3(O)C(=O)C1=C2O. The number of ketones is 2. The summed E-state index contributed by atoms with van der Waals surface area (Å²) in [5.74, 6) is -6.47. The molecule has 2 heterocycles. The smallest absolute Gasteiger partial charge is 0.255 e. The molecule has 12 heteroatoms. The van der Waals surface area contributed by atoms with E-state index in [4.69, 9.17) is 10.5 Å². The van der Waals surface area contributed by atoms with E-state index < -0.39 is 58.0 Å². The second-order valence-electron chi connectivity index (χ2n) is 12.8. The highest BCUT2D eigenvalue weighted by Gasteiger charge is 2.64. The van der Waals surface area contributed by atoms with Gasteiger partial charge in [-0.2, -0.15) is 0 Å². The predicted molar refractivity (Wildman–Crippen MR) is 147 cm³/mol. The van der Waals surface area contributed by atoms with E-state index in [1.807, 2.05) is 25.1 Å². The molecule has 6 rings (SSSR count). The van der Waals surface area contributed by atoms with Gasteiger partial charge < -0.3 is 35.8 Å². The minimum Gasteiger partial charge on any atom is -0.508 e. The van der Waals surface area contributed by atoms with Crippen LogP contribution >= 0.6 is 0 Å². The van der Waals surface area contributed by atoms with Crippen molar-refractivity contribution in [3.05, 3.63) is 39.7 Å². The molecule has 3 aliphatic carbocycles. The number of nitrogens with zero attached hydrogens (tertiary/aromatic N) is 3. The number of likely N-dealkylation sites (tertiary alicyclic amines) is 1. The van der Waals surface area contributed by atoms with Crippen LogP contribution in [-0.4, -0.2) is 114 Å². The lowest BCUT2D eigenvalue weighted by atomic mass is 9.57. The number of fused-ring (bicyclic) bond motifs is 3. The Labute approximate surface area is 237 Å². The van der Waals surface area contributed by atoms with Gasteiger partial charge in [0.25, 0.3) is 5.91 Å². The van der Waals surface area contributed by atoms with Crippen LogP contribution in [0, 0.1) is 17.3 Å². The number of carbonyl (C=O) groups excluding carboxylic acids is 3. The Morgan fingerprint density at radius 3 is 2.34 bits per heavy atom. The maximum atomic E-state index is 14.1. The maximum absolute atomic E-state index is 14.1. The number of benzene rings is 1. The van der Waals surface area contributed by atoms with Crippen LogP contribution in [0.2, 0.25) is 0 Å². The largest absolute Gasteiger partial charge is 0.508 e. The lowest BCUT2D eigenvalue weighted by Crippen LogP contribution is -2.65. The highest BCUT2D eigenvalue weighted by atomic mass is 16.5. The van der Waals surface area contributed by atoms with Gasteiger partial charge in [-0.15, -0.1) is 0 Å². The number of aromatic hydroxyl groups is 1. The standard InChI is InChI=1S/C29H36N4O8/c1-31(2)17-7-14(8-33-9-28(10-33)11-41-12-28)22(34)19-15(17)5-13-6-16-21(32(3)4)24(36)20(27(30)39)26(38)29(16,40)25(37)18(13)23(19)35/h7,13,16,21,34-35,38,40H,5-6,8-12H2,1-4H3,(H2,30,39)/t13-,16-,21-,29-/m0/s1. The molecule has 5 aliphatic rings. The normalized spacial score (nSPS) is 30.5. The Hall–Kier alpha value is -3.45. The van der Waals surface area contributed by atoms with Crippen molar-refractivity contribution in [1.29, 1.82) is 0 Å². The van der Waals surface area contributed by atoms with Crippen LogP contribution in [0.25, 0.3) is 5.76 Å². The fraction of sp³-hybridized carbons (Fsp3) is 0.552. The van der Waals surface area contributed by atoms with Gasteiger partial charge in [-0.1, -0.05) is 0 Å². The van der Waals surface area contributed by atoms with Gasteiger partial charge >= 0.3 is 0 Å². The van der Waals surface area contributed by atoms with Crippen LogP contribution < -0.4 is 10.6 Å². The summed E-state index contributed by atoms with van der Waals surface area (Å²) in [4.78, 5) is 45.1. The van der Waals surface area contributed by atoms with Gasteiger partial charge in [-0.25, -0.2) is 0 Å². The molecule has 0 unspecified atom stereocenters. The highest BCUT2D eigenvalue weighted by Crippen LogP contribution is 2.54. The monoisotopic (exact) mass is 568 g/mol. The van der Waals surface area contributed by atoms with Crippen molar-refractivity contribution in [2.45, 2.75) is 31.0 Å². The van der Waals surface area contributed by atoms with Crippen molar-refractivity contribution in [3.63, 3.8) is 0 Å². The Bertz CT molecular complexity index is 1450. The first-order valence-corrected chi connectivity index (χ1v) is 13.7. The predicted octanol–water partition coefficient (Wildman–Crippen LogP) is -0.138. The lowest BCUT2D eigenvalue weighted by Gasteiger charge is -2.55. The van der Waals surface area contributed by atoms with E-state index in [1.165, 1.54) is 4.90 Å². The summed E-state index contributed by atoms with van der Waals surface area (Å²) in [6, 6.07) is 0.785. The average molecular weight is 569 g/mol. The summed E-state index contributed by atoms with van der Waals surface area (Å²) >= 11 is 0. The van der Waals surface area contributed by atoms with E-state index in [-0.39, 0.29) is 35.1 Å². The topological polar surface area (TPSA) is 177 Å². The first-order valence-electron chi connectivity index (χ1n) is 13.7. The number of ether oxygens (including phenoxy) is 1. The fourth-order valence-corrected chi connectivity index (χ4v) is 7.69. The maximum Gasteiger partial charge on any atom is 0.255 e. The van der Waals surface area contributed by atoms with Crippen molar-refractivity contribution >= 4 is 28.9 Å². The third-order valence-electron chi connectivity index (χ3n) is 9.59. The third kappa shape index (κ3) is 3.70. The quantitative estimate of drug-likeness (QED) is 0.299. The van der Waals surface area contributed by atoms with Gasteiger partial charge in [0, 0.05) is 61.9 Å². The second-order valence-corrected chi connectivity index (χ2v) is 12.8. The summed E-state index contributed by atoms with van der Waals surface area (Å²) < 4.78 is 5.36. The van der Waals surface area contributed by atoms with E-state index in [2.05, 4.69) is 4.90 Å². The number of rotatable bonds is 5. The highest BCUT2D eigenvalue weighted by molar-refractivity contribution is 6.24. The number of hydrogen-bond donors (Lipinski definition) is 5. The molecule has 1 aromatic carbocycles. The average Bonchev–Trinajstić information content (AvgIpc) is 2.82. The molecular weight excluding hydrogens is 532 g/mol. The van der Waals surface area contributed by atoms with E-state index in [9.17, 15) is 34.8 Å². The molecule has 1 aromatic rings. The molecule has 3 fully saturated rings. The number of phenolic OH excluding ortho intramolecular Hbond substituents is 1. The van der Waals surface area contributed by atoms with Crippen molar-refractivity contribution in [2.75, 3.05) is 59.4 Å². The number of aliphatic hydroxyl groups is 3. The van der Waals surface area contributed by atoms with E-state index >= 15 is 0 Å². The molecule has 2 saturated heterocycles. The van der Waals surface area contributed by atoms with Gasteiger partial charge in [0.2, 0.25) is 5.78 Å². The Morgan fingerprint density at radius 1 is 1.15 bits per heavy atom. The fourth-order valence-electron chi connectivity index (χ4n) is 7.69. The molecule has 2 aliphatic heterocycles. The van der Waals surface area contributed by atoms with Crippen molar-refractivity contribution < 1.29 is 39.5 Å². The number of likely N-dealkylation sites (N-methyl/N-ethyl adjacent to an activating group) is 1. The van der Waals surface area contributed by atoms with Crippen LogP contribution in [0.1, 0.15) is 23.1 Å². The van der Waals surface area contributed by atoms with Crippen molar-refractivity contribution in [2.24, 2.45) is 23.0 Å².